The fourth-order valence-electron chi connectivity index (χ4n) is 4.02. The van der Waals surface area contributed by atoms with Crippen molar-refractivity contribution in [2.75, 3.05) is 39.6 Å². The summed E-state index contributed by atoms with van der Waals surface area (Å²) >= 11 is 0. The molecule has 15 heteroatoms. The Balaban J connectivity index is 0.000000186. The molecule has 10 nitrogen and oxygen atoms in total. The summed E-state index contributed by atoms with van der Waals surface area (Å²) in [5.41, 5.74) is -0.106. The minimum atomic E-state index is -0.160. The molecule has 0 aliphatic carbocycles. The van der Waals surface area contributed by atoms with Crippen molar-refractivity contribution >= 4 is 35.6 Å². The van der Waals surface area contributed by atoms with Gasteiger partial charge in [0.05, 0.1) is 24.4 Å². The fourth-order valence-corrected chi connectivity index (χ4v) is 4.02. The van der Waals surface area contributed by atoms with Gasteiger partial charge in [-0.1, -0.05) is 26.0 Å². The second-order valence-corrected chi connectivity index (χ2v) is 12.4. The Labute approximate surface area is 256 Å². The third kappa shape index (κ3) is 13.6. The maximum atomic E-state index is 5.54. The number of hydrogen-bond donors (Lipinski definition) is 0. The molecule has 6 rings (SSSR count). The lowest BCUT2D eigenvalue weighted by molar-refractivity contribution is 0.00578. The lowest BCUT2D eigenvalue weighted by atomic mass is 9.86. The third-order valence-corrected chi connectivity index (χ3v) is 7.01. The summed E-state index contributed by atoms with van der Waals surface area (Å²) in [4.78, 5) is 0. The van der Waals surface area contributed by atoms with E-state index >= 15 is 0 Å². The smallest absolute Gasteiger partial charge is 0.523 e. The van der Waals surface area contributed by atoms with Crippen molar-refractivity contribution in [1.29, 1.82) is 0 Å². The highest BCUT2D eigenvalue weighted by Gasteiger charge is 2.48. The Bertz CT molecular complexity index is 847. The molecule has 5 aliphatic heterocycles. The van der Waals surface area contributed by atoms with Crippen LogP contribution in [0, 0.1) is 5.41 Å². The van der Waals surface area contributed by atoms with Crippen LogP contribution >= 0.6 is 0 Å². The highest BCUT2D eigenvalue weighted by atomic mass is 16.7. The molecule has 42 heavy (non-hydrogen) atoms. The minimum Gasteiger partial charge on any atom is -0.523 e. The van der Waals surface area contributed by atoms with E-state index in [1.807, 2.05) is 58.4 Å². The molecule has 0 radical (unpaired) electrons. The van der Waals surface area contributed by atoms with E-state index in [-0.39, 0.29) is 52.2 Å². The van der Waals surface area contributed by atoms with Crippen molar-refractivity contribution in [3.05, 3.63) is 24.3 Å². The maximum Gasteiger partial charge on any atom is 0.591 e. The molecule has 4 saturated heterocycles. The van der Waals surface area contributed by atoms with Crippen LogP contribution in [0.25, 0.3) is 0 Å². The maximum absolute atomic E-state index is 5.54. The first-order valence-electron chi connectivity index (χ1n) is 15.1. The zero-order chi connectivity index (χ0) is 31.4. The largest absolute Gasteiger partial charge is 0.591 e. The summed E-state index contributed by atoms with van der Waals surface area (Å²) in [5.74, 6) is 1.69. The zero-order valence-electron chi connectivity index (χ0n) is 27.7. The van der Waals surface area contributed by atoms with Crippen LogP contribution in [0.2, 0.25) is 34.1 Å². The van der Waals surface area contributed by atoms with Crippen LogP contribution in [0.1, 0.15) is 48.0 Å². The lowest BCUT2D eigenvalue weighted by Crippen LogP contribution is -2.41. The molecule has 5 aliphatic rings. The highest BCUT2D eigenvalue weighted by molar-refractivity contribution is 6.46. The van der Waals surface area contributed by atoms with E-state index in [2.05, 4.69) is 41.5 Å². The van der Waals surface area contributed by atoms with E-state index in [0.717, 1.165) is 57.6 Å². The van der Waals surface area contributed by atoms with Gasteiger partial charge in [-0.3, -0.25) is 0 Å². The number of hydrogen-bond acceptors (Lipinski definition) is 10. The SMILES string of the molecule is CB1OC(C)(C)C(C)(C)O1.CB1OCC(C)(C)CO1.CB1OCCCO1.CB1OCCO1.CB1Oc2ccccc2O1. The van der Waals surface area contributed by atoms with Crippen LogP contribution in [-0.4, -0.2) is 86.4 Å². The molecule has 0 atom stereocenters. The first-order valence-corrected chi connectivity index (χ1v) is 15.1. The zero-order valence-corrected chi connectivity index (χ0v) is 27.7. The summed E-state index contributed by atoms with van der Waals surface area (Å²) in [7, 11) is -0.112. The third-order valence-electron chi connectivity index (χ3n) is 7.01. The Morgan fingerprint density at radius 2 is 0.881 bits per heavy atom. The van der Waals surface area contributed by atoms with E-state index in [1.165, 1.54) is 0 Å². The van der Waals surface area contributed by atoms with Gasteiger partial charge in [-0.25, -0.2) is 0 Å². The molecule has 0 N–H and O–H groups in total. The van der Waals surface area contributed by atoms with Gasteiger partial charge in [-0.15, -0.1) is 0 Å². The van der Waals surface area contributed by atoms with Crippen LogP contribution in [0.5, 0.6) is 11.5 Å². The Morgan fingerprint density at radius 3 is 1.14 bits per heavy atom. The van der Waals surface area contributed by atoms with Gasteiger partial charge in [-0.05, 0) is 80.4 Å². The first kappa shape index (κ1) is 37.0. The van der Waals surface area contributed by atoms with E-state index in [4.69, 9.17) is 46.5 Å². The summed E-state index contributed by atoms with van der Waals surface area (Å²) in [6.45, 7) is 26.9. The van der Waals surface area contributed by atoms with Gasteiger partial charge in [0.2, 0.25) is 0 Å². The molecule has 4 fully saturated rings. The van der Waals surface area contributed by atoms with Crippen LogP contribution in [0.3, 0.4) is 0 Å². The van der Waals surface area contributed by atoms with Gasteiger partial charge in [0, 0.05) is 31.8 Å². The van der Waals surface area contributed by atoms with Crippen molar-refractivity contribution in [2.45, 2.75) is 93.3 Å². The van der Waals surface area contributed by atoms with Crippen LogP contribution in [-0.2, 0) is 37.2 Å². The predicted molar refractivity (Wildman–Crippen MR) is 170 cm³/mol. The number of para-hydroxylation sites is 2. The molecule has 1 aromatic carbocycles. The summed E-state index contributed by atoms with van der Waals surface area (Å²) < 4.78 is 52.2. The molecule has 0 aromatic heterocycles. The monoisotopic (exact) mass is 590 g/mol. The summed E-state index contributed by atoms with van der Waals surface area (Å²) in [6, 6.07) is 7.66. The van der Waals surface area contributed by atoms with Crippen molar-refractivity contribution in [3.63, 3.8) is 0 Å². The molecular formula is C27H51B5O10. The van der Waals surface area contributed by atoms with E-state index in [1.54, 1.807) is 0 Å². The standard InChI is InChI=1S/C7H7BO2.C7H15BO2.C6H13BO2.C4H9BO2.C3H7BO2/c1-8-9-6-4-2-3-5-7(6)10-8;1-6(2)7(3,4)10-8(5)9-6;1-6(2)4-8-7(3)9-5-6;1-5-6-3-2-4-7-5;1-4-5-2-3-6-4/h2-5H,1H3;1-5H3;4-5H2,1-3H3;2-4H2,1H3;2-3H2,1H3. The van der Waals surface area contributed by atoms with Crippen molar-refractivity contribution in [2.24, 2.45) is 5.41 Å². The van der Waals surface area contributed by atoms with E-state index in [0.29, 0.717) is 0 Å². The highest BCUT2D eigenvalue weighted by Crippen LogP contribution is 2.36. The average Bonchev–Trinajstić information content (AvgIpc) is 3.59. The quantitative estimate of drug-likeness (QED) is 0.378. The van der Waals surface area contributed by atoms with Gasteiger partial charge in [0.1, 0.15) is 11.5 Å². The molecular weight excluding hydrogens is 538 g/mol. The van der Waals surface area contributed by atoms with Crippen LogP contribution < -0.4 is 9.31 Å². The van der Waals surface area contributed by atoms with Gasteiger partial charge in [-0.2, -0.15) is 0 Å². The summed E-state index contributed by atoms with van der Waals surface area (Å²) in [6.07, 6.45) is 1.05. The van der Waals surface area contributed by atoms with Gasteiger partial charge in [0.25, 0.3) is 0 Å². The number of benzene rings is 1. The molecule has 0 saturated carbocycles. The molecule has 0 bridgehead atoms. The second kappa shape index (κ2) is 17.3. The van der Waals surface area contributed by atoms with Crippen molar-refractivity contribution in [1.82, 2.24) is 0 Å². The van der Waals surface area contributed by atoms with Crippen LogP contribution in [0.4, 0.5) is 0 Å². The molecule has 234 valence electrons. The fraction of sp³-hybridized carbons (Fsp3) is 0.778. The second-order valence-electron chi connectivity index (χ2n) is 12.4. The minimum absolute atomic E-state index is 0.00183. The van der Waals surface area contributed by atoms with Gasteiger partial charge >= 0.3 is 35.6 Å². The summed E-state index contributed by atoms with van der Waals surface area (Å²) in [5, 5.41) is 0. The first-order chi connectivity index (χ1) is 19.6. The molecule has 1 aromatic rings. The molecule has 0 unspecified atom stereocenters. The lowest BCUT2D eigenvalue weighted by Gasteiger charge is -2.32. The van der Waals surface area contributed by atoms with Gasteiger partial charge in [0.15, 0.2) is 0 Å². The Hall–Kier alpha value is -1.18. The Kier molecular flexibility index (Phi) is 15.3. The van der Waals surface area contributed by atoms with Gasteiger partial charge < -0.3 is 46.5 Å². The Morgan fingerprint density at radius 1 is 0.500 bits per heavy atom. The van der Waals surface area contributed by atoms with E-state index < -0.39 is 0 Å². The number of rotatable bonds is 0. The predicted octanol–water partition coefficient (Wildman–Crippen LogP) is 5.15. The van der Waals surface area contributed by atoms with Crippen molar-refractivity contribution in [3.8, 4) is 11.5 Å². The molecule has 5 heterocycles. The van der Waals surface area contributed by atoms with Crippen molar-refractivity contribution < 1.29 is 46.5 Å². The normalized spacial score (nSPS) is 22.9. The average molecular weight is 590 g/mol. The molecule has 0 amide bonds. The topological polar surface area (TPSA) is 92.3 Å². The molecule has 0 spiro atoms. The number of fused-ring (bicyclic) bond motifs is 1. The van der Waals surface area contributed by atoms with Crippen LogP contribution in [0.15, 0.2) is 24.3 Å². The van der Waals surface area contributed by atoms with E-state index in [9.17, 15) is 0 Å².